The van der Waals surface area contributed by atoms with Crippen molar-refractivity contribution >= 4 is 22.8 Å². The molecule has 0 fully saturated rings. The van der Waals surface area contributed by atoms with E-state index in [4.69, 9.17) is 5.11 Å². The molecule has 110 valence electrons. The quantitative estimate of drug-likeness (QED) is 0.767. The number of hydrogen-bond donors (Lipinski definition) is 2. The lowest BCUT2D eigenvalue weighted by Crippen LogP contribution is -2.24. The van der Waals surface area contributed by atoms with E-state index < -0.39 is 5.97 Å². The zero-order chi connectivity index (χ0) is 15.1. The van der Waals surface area contributed by atoms with Crippen LogP contribution in [0.1, 0.15) is 36.0 Å². The molecule has 0 spiro atoms. The van der Waals surface area contributed by atoms with E-state index in [1.54, 1.807) is 12.3 Å². The fourth-order valence-corrected chi connectivity index (χ4v) is 2.16. The summed E-state index contributed by atoms with van der Waals surface area (Å²) in [4.78, 5) is 26.8. The highest BCUT2D eigenvalue weighted by Gasteiger charge is 2.09. The molecule has 0 unspecified atom stereocenters. The highest BCUT2D eigenvalue weighted by molar-refractivity contribution is 6.05. The average molecular weight is 286 g/mol. The van der Waals surface area contributed by atoms with Gasteiger partial charge in [0, 0.05) is 24.5 Å². The second kappa shape index (κ2) is 7.38. The number of aliphatic carboxylic acids is 1. The van der Waals surface area contributed by atoms with E-state index in [1.165, 1.54) is 0 Å². The Balaban J connectivity index is 1.87. The molecule has 0 aliphatic carbocycles. The van der Waals surface area contributed by atoms with Gasteiger partial charge in [-0.15, -0.1) is 0 Å². The number of benzene rings is 1. The number of aromatic nitrogens is 1. The van der Waals surface area contributed by atoms with E-state index in [0.29, 0.717) is 24.0 Å². The Hall–Kier alpha value is -2.43. The number of carboxylic acid groups (broad SMARTS) is 1. The third-order valence-electron chi connectivity index (χ3n) is 3.23. The summed E-state index contributed by atoms with van der Waals surface area (Å²) in [6.45, 7) is 0.543. The number of rotatable bonds is 7. The van der Waals surface area contributed by atoms with Gasteiger partial charge in [0.25, 0.3) is 5.91 Å². The van der Waals surface area contributed by atoms with E-state index in [2.05, 4.69) is 10.3 Å². The lowest BCUT2D eigenvalue weighted by Gasteiger charge is -2.07. The smallest absolute Gasteiger partial charge is 0.303 e. The van der Waals surface area contributed by atoms with Crippen LogP contribution in [-0.2, 0) is 4.79 Å². The van der Waals surface area contributed by atoms with Gasteiger partial charge in [0.15, 0.2) is 0 Å². The number of carboxylic acids is 1. The van der Waals surface area contributed by atoms with Crippen LogP contribution in [0.2, 0.25) is 0 Å². The first-order chi connectivity index (χ1) is 10.2. The maximum absolute atomic E-state index is 12.2. The minimum atomic E-state index is -0.777. The van der Waals surface area contributed by atoms with Gasteiger partial charge in [-0.1, -0.05) is 24.6 Å². The Morgan fingerprint density at radius 3 is 2.71 bits per heavy atom. The second-order valence-electron chi connectivity index (χ2n) is 4.84. The van der Waals surface area contributed by atoms with Crippen molar-refractivity contribution in [3.05, 3.63) is 42.1 Å². The maximum atomic E-state index is 12.2. The fourth-order valence-electron chi connectivity index (χ4n) is 2.16. The topological polar surface area (TPSA) is 79.3 Å². The lowest BCUT2D eigenvalue weighted by atomic mass is 10.1. The van der Waals surface area contributed by atoms with Gasteiger partial charge in [-0.3, -0.25) is 14.6 Å². The number of para-hydroxylation sites is 1. The molecule has 5 nitrogen and oxygen atoms in total. The van der Waals surface area contributed by atoms with Gasteiger partial charge in [-0.05, 0) is 25.0 Å². The van der Waals surface area contributed by atoms with Crippen LogP contribution in [0.4, 0.5) is 0 Å². The fraction of sp³-hybridized carbons (Fsp3) is 0.312. The first-order valence-electron chi connectivity index (χ1n) is 7.02. The Kier molecular flexibility index (Phi) is 5.26. The van der Waals surface area contributed by atoms with Gasteiger partial charge in [-0.2, -0.15) is 0 Å². The minimum Gasteiger partial charge on any atom is -0.481 e. The van der Waals surface area contributed by atoms with E-state index >= 15 is 0 Å². The molecule has 0 bridgehead atoms. The molecule has 2 aromatic rings. The summed E-state index contributed by atoms with van der Waals surface area (Å²) < 4.78 is 0. The summed E-state index contributed by atoms with van der Waals surface area (Å²) in [6, 6.07) is 9.28. The van der Waals surface area contributed by atoms with Crippen LogP contribution in [-0.4, -0.2) is 28.5 Å². The van der Waals surface area contributed by atoms with Crippen molar-refractivity contribution in [2.24, 2.45) is 0 Å². The molecule has 0 saturated heterocycles. The third-order valence-corrected chi connectivity index (χ3v) is 3.23. The standard InChI is InChI=1S/C16H18N2O3/c19-14(20)9-2-1-3-10-18-16(21)13-8-4-6-12-7-5-11-17-15(12)13/h4-8,11H,1-3,9-10H2,(H,18,21)(H,19,20). The maximum Gasteiger partial charge on any atom is 0.303 e. The molecule has 2 N–H and O–H groups in total. The summed E-state index contributed by atoms with van der Waals surface area (Å²) in [5.74, 6) is -0.918. The Morgan fingerprint density at radius 2 is 1.90 bits per heavy atom. The highest BCUT2D eigenvalue weighted by Crippen LogP contribution is 2.15. The third kappa shape index (κ3) is 4.27. The number of nitrogens with one attached hydrogen (secondary N) is 1. The predicted octanol–water partition coefficient (Wildman–Crippen LogP) is 2.61. The van der Waals surface area contributed by atoms with Crippen LogP contribution >= 0.6 is 0 Å². The van der Waals surface area contributed by atoms with Crippen LogP contribution in [0.3, 0.4) is 0 Å². The molecule has 21 heavy (non-hydrogen) atoms. The zero-order valence-electron chi connectivity index (χ0n) is 11.7. The van der Waals surface area contributed by atoms with Crippen LogP contribution in [0.5, 0.6) is 0 Å². The van der Waals surface area contributed by atoms with E-state index in [1.807, 2.05) is 24.3 Å². The van der Waals surface area contributed by atoms with Gasteiger partial charge in [0.05, 0.1) is 11.1 Å². The van der Waals surface area contributed by atoms with Gasteiger partial charge >= 0.3 is 5.97 Å². The van der Waals surface area contributed by atoms with Crippen molar-refractivity contribution in [2.45, 2.75) is 25.7 Å². The van der Waals surface area contributed by atoms with Gasteiger partial charge in [0.1, 0.15) is 0 Å². The summed E-state index contributed by atoms with van der Waals surface area (Å²) in [5, 5.41) is 12.3. The number of carbonyl (C=O) groups is 2. The Bertz CT molecular complexity index is 635. The molecule has 5 heteroatoms. The molecule has 0 atom stereocenters. The molecule has 1 aromatic carbocycles. The summed E-state index contributed by atoms with van der Waals surface area (Å²) in [7, 11) is 0. The highest BCUT2D eigenvalue weighted by atomic mass is 16.4. The molecular formula is C16H18N2O3. The number of nitrogens with zero attached hydrogens (tertiary/aromatic N) is 1. The number of fused-ring (bicyclic) bond motifs is 1. The van der Waals surface area contributed by atoms with Crippen molar-refractivity contribution in [3.8, 4) is 0 Å². The van der Waals surface area contributed by atoms with E-state index in [0.717, 1.165) is 18.2 Å². The number of carbonyl (C=O) groups excluding carboxylic acids is 1. The molecule has 0 radical (unpaired) electrons. The second-order valence-corrected chi connectivity index (χ2v) is 4.84. The molecule has 1 amide bonds. The first kappa shape index (κ1) is 15.0. The van der Waals surface area contributed by atoms with Crippen LogP contribution < -0.4 is 5.32 Å². The predicted molar refractivity (Wildman–Crippen MR) is 80.2 cm³/mol. The van der Waals surface area contributed by atoms with Gasteiger partial charge < -0.3 is 10.4 Å². The molecule has 0 aliphatic rings. The summed E-state index contributed by atoms with van der Waals surface area (Å²) in [6.07, 6.45) is 4.06. The summed E-state index contributed by atoms with van der Waals surface area (Å²) >= 11 is 0. The monoisotopic (exact) mass is 286 g/mol. The van der Waals surface area contributed by atoms with Gasteiger partial charge in [-0.25, -0.2) is 0 Å². The number of pyridine rings is 1. The Labute approximate surface area is 123 Å². The SMILES string of the molecule is O=C(O)CCCCCNC(=O)c1cccc2cccnc12. The van der Waals surface area contributed by atoms with Crippen LogP contribution in [0, 0.1) is 0 Å². The molecule has 2 rings (SSSR count). The van der Waals surface area contributed by atoms with Crippen molar-refractivity contribution in [2.75, 3.05) is 6.54 Å². The van der Waals surface area contributed by atoms with Crippen molar-refractivity contribution in [3.63, 3.8) is 0 Å². The van der Waals surface area contributed by atoms with Crippen molar-refractivity contribution in [1.29, 1.82) is 0 Å². The Morgan fingerprint density at radius 1 is 1.10 bits per heavy atom. The molecule has 0 aliphatic heterocycles. The largest absolute Gasteiger partial charge is 0.481 e. The molecule has 1 heterocycles. The minimum absolute atomic E-state index is 0.141. The molecule has 1 aromatic heterocycles. The number of unbranched alkanes of at least 4 members (excludes halogenated alkanes) is 2. The lowest BCUT2D eigenvalue weighted by molar-refractivity contribution is -0.137. The summed E-state index contributed by atoms with van der Waals surface area (Å²) in [5.41, 5.74) is 1.27. The van der Waals surface area contributed by atoms with Crippen LogP contribution in [0.25, 0.3) is 10.9 Å². The van der Waals surface area contributed by atoms with E-state index in [9.17, 15) is 9.59 Å². The number of amides is 1. The first-order valence-corrected chi connectivity index (χ1v) is 7.02. The van der Waals surface area contributed by atoms with Crippen LogP contribution in [0.15, 0.2) is 36.5 Å². The molecular weight excluding hydrogens is 268 g/mol. The number of hydrogen-bond acceptors (Lipinski definition) is 3. The average Bonchev–Trinajstić information content (AvgIpc) is 2.49. The van der Waals surface area contributed by atoms with E-state index in [-0.39, 0.29) is 12.3 Å². The van der Waals surface area contributed by atoms with Gasteiger partial charge in [0.2, 0.25) is 0 Å². The van der Waals surface area contributed by atoms with Crippen molar-refractivity contribution < 1.29 is 14.7 Å². The van der Waals surface area contributed by atoms with Crippen molar-refractivity contribution in [1.82, 2.24) is 10.3 Å². The normalized spacial score (nSPS) is 10.5. The zero-order valence-corrected chi connectivity index (χ0v) is 11.7. The molecule has 0 saturated carbocycles.